The Morgan fingerprint density at radius 2 is 1.86 bits per heavy atom. The lowest BCUT2D eigenvalue weighted by molar-refractivity contribution is 0.0785. The second-order valence-corrected chi connectivity index (χ2v) is 9.34. The number of amides is 1. The minimum absolute atomic E-state index is 0.0496. The third-order valence-corrected chi connectivity index (χ3v) is 6.05. The first-order valence-corrected chi connectivity index (χ1v) is 11.8. The van der Waals surface area contributed by atoms with Gasteiger partial charge in [0.15, 0.2) is 0 Å². The zero-order valence-corrected chi connectivity index (χ0v) is 20.6. The van der Waals surface area contributed by atoms with Gasteiger partial charge in [-0.15, -0.1) is 0 Å². The molecule has 8 nitrogen and oxygen atoms in total. The maximum atomic E-state index is 14.8. The van der Waals surface area contributed by atoms with Gasteiger partial charge in [0.25, 0.3) is 5.91 Å². The molecule has 196 valence electrons. The minimum Gasteiger partial charge on any atom is -0.491 e. The van der Waals surface area contributed by atoms with Crippen LogP contribution in [0.25, 0.3) is 11.3 Å². The van der Waals surface area contributed by atoms with Crippen molar-refractivity contribution in [1.29, 1.82) is 0 Å². The summed E-state index contributed by atoms with van der Waals surface area (Å²) in [5.41, 5.74) is 5.42. The lowest BCUT2D eigenvalue weighted by Crippen LogP contribution is -2.55. The summed E-state index contributed by atoms with van der Waals surface area (Å²) in [6.45, 7) is 6.12. The van der Waals surface area contributed by atoms with E-state index in [1.807, 2.05) is 11.8 Å². The molecule has 0 bridgehead atoms. The van der Waals surface area contributed by atoms with Crippen LogP contribution in [-0.2, 0) is 0 Å². The van der Waals surface area contributed by atoms with Gasteiger partial charge in [-0.05, 0) is 32.0 Å². The van der Waals surface area contributed by atoms with Gasteiger partial charge < -0.3 is 25.8 Å². The summed E-state index contributed by atoms with van der Waals surface area (Å²) < 4.78 is 49.5. The predicted molar refractivity (Wildman–Crippen MR) is 133 cm³/mol. The van der Waals surface area contributed by atoms with Crippen molar-refractivity contribution < 1.29 is 27.8 Å². The lowest BCUT2D eigenvalue weighted by Gasteiger charge is -2.40. The Labute approximate surface area is 212 Å². The molecule has 3 heterocycles. The number of hydrogen-bond acceptors (Lipinski definition) is 7. The van der Waals surface area contributed by atoms with Crippen molar-refractivity contribution in [3.05, 3.63) is 65.9 Å². The first-order chi connectivity index (χ1) is 17.5. The zero-order valence-electron chi connectivity index (χ0n) is 20.6. The van der Waals surface area contributed by atoms with Gasteiger partial charge in [-0.1, -0.05) is 6.92 Å². The molecule has 1 fully saturated rings. The van der Waals surface area contributed by atoms with Crippen LogP contribution in [0.15, 0.2) is 42.7 Å². The fourth-order valence-corrected chi connectivity index (χ4v) is 4.32. The molecule has 1 aromatic carbocycles. The van der Waals surface area contributed by atoms with Crippen molar-refractivity contribution in [3.8, 4) is 17.0 Å². The molecular weight excluding hydrogens is 487 g/mol. The second kappa shape index (κ2) is 10.7. The fourth-order valence-electron chi connectivity index (χ4n) is 4.32. The van der Waals surface area contributed by atoms with E-state index in [0.717, 1.165) is 24.3 Å². The van der Waals surface area contributed by atoms with Crippen molar-refractivity contribution in [2.75, 3.05) is 23.3 Å². The van der Waals surface area contributed by atoms with Crippen molar-refractivity contribution in [1.82, 2.24) is 9.97 Å². The van der Waals surface area contributed by atoms with Gasteiger partial charge in [-0.3, -0.25) is 9.78 Å². The van der Waals surface area contributed by atoms with Crippen LogP contribution < -0.4 is 20.7 Å². The van der Waals surface area contributed by atoms with E-state index in [0.29, 0.717) is 24.5 Å². The normalized spacial score (nSPS) is 19.7. The van der Waals surface area contributed by atoms with E-state index in [1.165, 1.54) is 6.20 Å². The summed E-state index contributed by atoms with van der Waals surface area (Å²) in [4.78, 5) is 23.0. The number of anilines is 2. The highest BCUT2D eigenvalue weighted by atomic mass is 19.1. The topological polar surface area (TPSA) is 114 Å². The number of aromatic nitrogens is 2. The molecule has 1 saturated heterocycles. The predicted octanol–water partition coefficient (Wildman–Crippen LogP) is 3.74. The van der Waals surface area contributed by atoms with Crippen LogP contribution in [0, 0.1) is 23.4 Å². The number of carbonyl (C=O) groups excluding carboxylic acids is 1. The van der Waals surface area contributed by atoms with Gasteiger partial charge in [-0.25, -0.2) is 18.2 Å². The molecule has 0 saturated carbocycles. The molecule has 0 radical (unpaired) electrons. The van der Waals surface area contributed by atoms with Crippen LogP contribution in [0.2, 0.25) is 0 Å². The fraction of sp³-hybridized carbons (Fsp3) is 0.346. The van der Waals surface area contributed by atoms with E-state index < -0.39 is 46.8 Å². The van der Waals surface area contributed by atoms with E-state index >= 15 is 0 Å². The number of nitrogens with one attached hydrogen (secondary N) is 1. The molecule has 3 atom stereocenters. The molecule has 1 aliphatic heterocycles. The highest BCUT2D eigenvalue weighted by Gasteiger charge is 2.32. The number of halogens is 3. The van der Waals surface area contributed by atoms with Crippen molar-refractivity contribution in [2.45, 2.75) is 39.0 Å². The van der Waals surface area contributed by atoms with Crippen LogP contribution in [0.4, 0.5) is 24.5 Å². The van der Waals surface area contributed by atoms with E-state index in [2.05, 4.69) is 15.3 Å². The van der Waals surface area contributed by atoms with E-state index in [9.17, 15) is 23.1 Å². The summed E-state index contributed by atoms with van der Waals surface area (Å²) in [7, 11) is 0. The molecule has 3 aromatic rings. The Hall–Kier alpha value is -3.70. The number of ether oxygens (including phenoxy) is 1. The second-order valence-electron chi connectivity index (χ2n) is 9.34. The average molecular weight is 516 g/mol. The average Bonchev–Trinajstić information content (AvgIpc) is 2.82. The molecule has 0 spiro atoms. The number of nitrogens with zero attached hydrogens (tertiary/aromatic N) is 3. The molecule has 37 heavy (non-hydrogen) atoms. The highest BCUT2D eigenvalue weighted by molar-refractivity contribution is 6.04. The van der Waals surface area contributed by atoms with E-state index in [1.54, 1.807) is 26.1 Å². The number of benzene rings is 1. The quantitative estimate of drug-likeness (QED) is 0.458. The number of hydrogen-bond donors (Lipinski definition) is 3. The Balaban J connectivity index is 1.62. The minimum atomic E-state index is -1.08. The molecule has 0 aliphatic carbocycles. The lowest BCUT2D eigenvalue weighted by atomic mass is 9.92. The highest BCUT2D eigenvalue weighted by Crippen LogP contribution is 2.32. The number of aliphatic hydroxyl groups excluding tert-OH is 1. The van der Waals surface area contributed by atoms with Gasteiger partial charge >= 0.3 is 0 Å². The SMILES string of the molecule is CC(C)Oc1cc(F)c(-c2nc(C(=O)Nc3cnccc3N3C[C@@H](N)[C@H](O)[C@@H](C)C3)ccc2F)c(F)c1. The summed E-state index contributed by atoms with van der Waals surface area (Å²) >= 11 is 0. The number of carbonyl (C=O) groups is 1. The van der Waals surface area contributed by atoms with Crippen LogP contribution in [0.5, 0.6) is 5.75 Å². The third-order valence-electron chi connectivity index (χ3n) is 6.05. The van der Waals surface area contributed by atoms with Gasteiger partial charge in [0, 0.05) is 43.4 Å². The number of rotatable bonds is 6. The Morgan fingerprint density at radius 1 is 1.16 bits per heavy atom. The van der Waals surface area contributed by atoms with Crippen molar-refractivity contribution in [3.63, 3.8) is 0 Å². The van der Waals surface area contributed by atoms with Crippen LogP contribution in [-0.4, -0.2) is 52.3 Å². The maximum absolute atomic E-state index is 14.8. The first kappa shape index (κ1) is 26.4. The summed E-state index contributed by atoms with van der Waals surface area (Å²) in [6, 6.07) is 5.13. The number of piperidine rings is 1. The maximum Gasteiger partial charge on any atom is 0.274 e. The molecule has 1 amide bonds. The monoisotopic (exact) mass is 515 g/mol. The van der Waals surface area contributed by atoms with Crippen molar-refractivity contribution in [2.24, 2.45) is 11.7 Å². The molecule has 4 N–H and O–H groups in total. The largest absolute Gasteiger partial charge is 0.491 e. The Morgan fingerprint density at radius 3 is 2.51 bits per heavy atom. The van der Waals surface area contributed by atoms with Gasteiger partial charge in [-0.2, -0.15) is 0 Å². The smallest absolute Gasteiger partial charge is 0.274 e. The van der Waals surface area contributed by atoms with Gasteiger partial charge in [0.05, 0.1) is 35.3 Å². The zero-order chi connectivity index (χ0) is 26.9. The van der Waals surface area contributed by atoms with E-state index in [4.69, 9.17) is 10.5 Å². The Bertz CT molecular complexity index is 1270. The van der Waals surface area contributed by atoms with Gasteiger partial charge in [0.1, 0.15) is 34.6 Å². The van der Waals surface area contributed by atoms with Crippen LogP contribution in [0.1, 0.15) is 31.3 Å². The summed E-state index contributed by atoms with van der Waals surface area (Å²) in [5.74, 6) is -4.04. The van der Waals surface area contributed by atoms with E-state index in [-0.39, 0.29) is 23.5 Å². The third kappa shape index (κ3) is 5.67. The summed E-state index contributed by atoms with van der Waals surface area (Å²) in [5, 5.41) is 12.9. The first-order valence-electron chi connectivity index (χ1n) is 11.8. The molecule has 1 aliphatic rings. The van der Waals surface area contributed by atoms with Crippen LogP contribution in [0.3, 0.4) is 0 Å². The standard InChI is InChI=1S/C26H28F3N5O3/c1-13(2)37-15-8-17(28)23(18(29)9-15)24-16(27)4-5-20(32-24)26(36)33-21-10-31-7-6-22(21)34-11-14(3)25(35)19(30)12-34/h4-10,13-14,19,25,35H,11-12,30H2,1-3H3,(H,33,36)/t14-,19+,25+/m0/s1. The number of aliphatic hydroxyl groups is 1. The molecule has 11 heteroatoms. The number of nitrogens with two attached hydrogens (primary N) is 1. The molecular formula is C26H28F3N5O3. The molecule has 2 aromatic heterocycles. The Kier molecular flexibility index (Phi) is 7.65. The van der Waals surface area contributed by atoms with Crippen LogP contribution >= 0.6 is 0 Å². The molecule has 4 rings (SSSR count). The summed E-state index contributed by atoms with van der Waals surface area (Å²) in [6.07, 6.45) is 2.02. The van der Waals surface area contributed by atoms with Crippen molar-refractivity contribution >= 4 is 17.3 Å². The molecule has 0 unspecified atom stereocenters. The number of pyridine rings is 2. The van der Waals surface area contributed by atoms with Gasteiger partial charge in [0.2, 0.25) is 0 Å².